The Kier molecular flexibility index (Phi) is 3.01. The Labute approximate surface area is 110 Å². The van der Waals surface area contributed by atoms with Gasteiger partial charge in [-0.15, -0.1) is 4.74 Å². The third kappa shape index (κ3) is 1.85. The molecule has 1 aliphatic rings. The molecular weight excluding hydrogens is 248 g/mol. The first-order valence-corrected chi connectivity index (χ1v) is 5.74. The fourth-order valence-electron chi connectivity index (χ4n) is 2.12. The second-order valence-electron chi connectivity index (χ2n) is 4.68. The Morgan fingerprint density at radius 3 is 2.32 bits per heavy atom. The summed E-state index contributed by atoms with van der Waals surface area (Å²) in [6.07, 6.45) is 0. The van der Waals surface area contributed by atoms with E-state index in [9.17, 15) is 15.2 Å². The fraction of sp³-hybridized carbons (Fsp3) is 0.308. The molecule has 0 fully saturated rings. The van der Waals surface area contributed by atoms with Crippen LogP contribution in [0.4, 0.5) is 0 Å². The zero-order valence-electron chi connectivity index (χ0n) is 10.9. The first-order chi connectivity index (χ1) is 8.91. The smallest absolute Gasteiger partial charge is 0.549 e. The van der Waals surface area contributed by atoms with E-state index in [2.05, 4.69) is 4.74 Å². The van der Waals surface area contributed by atoms with E-state index in [0.29, 0.717) is 15.0 Å². The minimum Gasteiger partial charge on any atom is -0.618 e. The summed E-state index contributed by atoms with van der Waals surface area (Å²) in [5.41, 5.74) is -0.308. The van der Waals surface area contributed by atoms with E-state index in [4.69, 9.17) is 0 Å². The van der Waals surface area contributed by atoms with Gasteiger partial charge < -0.3 is 15.2 Å². The molecule has 6 heteroatoms. The summed E-state index contributed by atoms with van der Waals surface area (Å²) in [5.74, 6) is -1.49. The average molecular weight is 262 g/mol. The predicted octanol–water partition coefficient (Wildman–Crippen LogP) is 0.860. The number of carbonyl (C=O) groups is 1. The maximum absolute atomic E-state index is 12.2. The van der Waals surface area contributed by atoms with Crippen molar-refractivity contribution in [1.29, 1.82) is 0 Å². The van der Waals surface area contributed by atoms with E-state index in [1.807, 2.05) is 0 Å². The van der Waals surface area contributed by atoms with Gasteiger partial charge in [-0.1, -0.05) is 22.9 Å². The van der Waals surface area contributed by atoms with E-state index < -0.39 is 17.3 Å². The molecule has 6 nitrogen and oxygen atoms in total. The highest BCUT2D eigenvalue weighted by Gasteiger charge is 2.55. The molecule has 0 spiro atoms. The zero-order chi connectivity index (χ0) is 14.2. The number of esters is 1. The van der Waals surface area contributed by atoms with Gasteiger partial charge in [0.25, 0.3) is 11.3 Å². The molecule has 19 heavy (non-hydrogen) atoms. The van der Waals surface area contributed by atoms with Crippen LogP contribution in [0.3, 0.4) is 0 Å². The van der Waals surface area contributed by atoms with Crippen LogP contribution < -0.4 is 0 Å². The topological polar surface area (TPSA) is 78.4 Å². The maximum atomic E-state index is 12.2. The van der Waals surface area contributed by atoms with Gasteiger partial charge in [0.1, 0.15) is 0 Å². The second-order valence-corrected chi connectivity index (χ2v) is 4.68. The minimum atomic E-state index is -1.13. The third-order valence-corrected chi connectivity index (χ3v) is 3.09. The van der Waals surface area contributed by atoms with E-state index >= 15 is 0 Å². The Morgan fingerprint density at radius 1 is 1.21 bits per heavy atom. The van der Waals surface area contributed by atoms with Crippen LogP contribution in [0.5, 0.6) is 0 Å². The summed E-state index contributed by atoms with van der Waals surface area (Å²) in [6.45, 7) is 3.17. The number of carbonyl (C=O) groups excluding carboxylic acids is 1. The highest BCUT2D eigenvalue weighted by atomic mass is 16.6. The van der Waals surface area contributed by atoms with Crippen LogP contribution in [0.1, 0.15) is 19.4 Å². The Bertz CT molecular complexity index is 588. The molecule has 0 unspecified atom stereocenters. The van der Waals surface area contributed by atoms with E-state index in [-0.39, 0.29) is 5.71 Å². The van der Waals surface area contributed by atoms with E-state index in [1.165, 1.54) is 0 Å². The summed E-state index contributed by atoms with van der Waals surface area (Å²) in [7, 11) is 1.13. The van der Waals surface area contributed by atoms with Crippen LogP contribution in [-0.2, 0) is 9.53 Å². The number of methoxy groups -OCH3 is 1. The summed E-state index contributed by atoms with van der Waals surface area (Å²) >= 11 is 0. The molecule has 1 aliphatic heterocycles. The number of benzene rings is 1. The molecule has 0 saturated heterocycles. The summed E-state index contributed by atoms with van der Waals surface area (Å²) in [6, 6.07) is 8.77. The van der Waals surface area contributed by atoms with Gasteiger partial charge in [0.2, 0.25) is 0 Å². The second kappa shape index (κ2) is 4.38. The average Bonchev–Trinajstić information content (AvgIpc) is 2.56. The number of rotatable bonds is 2. The zero-order valence-corrected chi connectivity index (χ0v) is 10.9. The molecule has 0 atom stereocenters. The number of hydroxylamine groups is 2. The van der Waals surface area contributed by atoms with Crippen molar-refractivity contribution in [1.82, 2.24) is 0 Å². The first kappa shape index (κ1) is 13.1. The summed E-state index contributed by atoms with van der Waals surface area (Å²) in [4.78, 5) is 11.5. The third-order valence-electron chi connectivity index (χ3n) is 3.09. The van der Waals surface area contributed by atoms with Crippen LogP contribution >= 0.6 is 0 Å². The lowest BCUT2D eigenvalue weighted by molar-refractivity contribution is -0.530. The van der Waals surface area contributed by atoms with Crippen LogP contribution in [0.15, 0.2) is 30.3 Å². The molecular formula is C13H14N2O4. The lowest BCUT2D eigenvalue weighted by Gasteiger charge is -2.15. The maximum Gasteiger partial charge on any atom is 0.549 e. The van der Waals surface area contributed by atoms with Gasteiger partial charge in [-0.05, 0) is 12.1 Å². The fourth-order valence-corrected chi connectivity index (χ4v) is 2.12. The number of nitrogens with zero attached hydrogens (tertiary/aromatic N) is 2. The van der Waals surface area contributed by atoms with Gasteiger partial charge in [-0.3, -0.25) is 0 Å². The summed E-state index contributed by atoms with van der Waals surface area (Å²) in [5, 5.41) is 24.4. The van der Waals surface area contributed by atoms with Gasteiger partial charge in [-0.25, -0.2) is 4.79 Å². The molecule has 0 amide bonds. The Hall–Kier alpha value is -2.37. The SMILES string of the molecule is COC(=O)C1=[N+]([O-])C(C)(C)C(c2ccccc2)=[N+]1[O-]. The Morgan fingerprint density at radius 2 is 1.79 bits per heavy atom. The predicted molar refractivity (Wildman–Crippen MR) is 68.9 cm³/mol. The highest BCUT2D eigenvalue weighted by Crippen LogP contribution is 2.23. The Balaban J connectivity index is 2.64. The lowest BCUT2D eigenvalue weighted by atomic mass is 9.93. The number of hydrogen-bond acceptors (Lipinski definition) is 4. The van der Waals surface area contributed by atoms with Gasteiger partial charge >= 0.3 is 11.8 Å². The molecule has 0 bridgehead atoms. The van der Waals surface area contributed by atoms with Crippen molar-refractivity contribution in [3.05, 3.63) is 46.3 Å². The van der Waals surface area contributed by atoms with E-state index in [1.54, 1.807) is 44.2 Å². The van der Waals surface area contributed by atoms with Crippen molar-refractivity contribution < 1.29 is 19.0 Å². The number of ether oxygens (including phenoxy) is 1. The van der Waals surface area contributed by atoms with Gasteiger partial charge in [-0.2, -0.15) is 0 Å². The largest absolute Gasteiger partial charge is 0.618 e. The van der Waals surface area contributed by atoms with Gasteiger partial charge in [0, 0.05) is 13.8 Å². The van der Waals surface area contributed by atoms with Crippen LogP contribution in [0.25, 0.3) is 0 Å². The van der Waals surface area contributed by atoms with Crippen LogP contribution in [0, 0.1) is 10.4 Å². The minimum absolute atomic E-state index is 0.225. The molecule has 1 aromatic rings. The quantitative estimate of drug-likeness (QED) is 0.450. The van der Waals surface area contributed by atoms with Crippen molar-refractivity contribution in [3.63, 3.8) is 0 Å². The molecule has 0 N–H and O–H groups in total. The van der Waals surface area contributed by atoms with Crippen molar-refractivity contribution in [2.24, 2.45) is 0 Å². The van der Waals surface area contributed by atoms with Crippen molar-refractivity contribution >= 4 is 17.5 Å². The monoisotopic (exact) mass is 262 g/mol. The molecule has 2 rings (SSSR count). The summed E-state index contributed by atoms with van der Waals surface area (Å²) < 4.78 is 5.23. The lowest BCUT2D eigenvalue weighted by Crippen LogP contribution is -2.40. The number of hydrogen-bond donors (Lipinski definition) is 0. The van der Waals surface area contributed by atoms with Crippen molar-refractivity contribution in [2.45, 2.75) is 19.4 Å². The highest BCUT2D eigenvalue weighted by molar-refractivity contribution is 6.32. The van der Waals surface area contributed by atoms with Crippen LogP contribution in [-0.4, -0.2) is 39.6 Å². The molecule has 0 saturated carbocycles. The normalized spacial score (nSPS) is 17.8. The van der Waals surface area contributed by atoms with Crippen LogP contribution in [0.2, 0.25) is 0 Å². The standard InChI is InChI=1S/C13H14N2O4/c1-13(2)10(9-7-5-4-6-8-9)14(17)11(15(13)18)12(16)19-3/h4-8H,1-3H3. The molecule has 100 valence electrons. The molecule has 0 radical (unpaired) electrons. The van der Waals surface area contributed by atoms with Gasteiger partial charge in [0.15, 0.2) is 0 Å². The number of amidine groups is 1. The van der Waals surface area contributed by atoms with Crippen molar-refractivity contribution in [3.8, 4) is 0 Å². The van der Waals surface area contributed by atoms with E-state index in [0.717, 1.165) is 7.11 Å². The molecule has 0 aliphatic carbocycles. The van der Waals surface area contributed by atoms with Gasteiger partial charge in [0.05, 0.1) is 12.7 Å². The molecule has 1 aromatic carbocycles. The molecule has 1 heterocycles. The first-order valence-electron chi connectivity index (χ1n) is 5.74. The molecule has 0 aromatic heterocycles. The van der Waals surface area contributed by atoms with Crippen molar-refractivity contribution in [2.75, 3.05) is 7.11 Å².